The Bertz CT molecular complexity index is 302. The molecule has 4 nitrogen and oxygen atoms in total. The van der Waals surface area contributed by atoms with E-state index in [-0.39, 0.29) is 23.5 Å². The van der Waals surface area contributed by atoms with Crippen molar-refractivity contribution in [3.8, 4) is 0 Å². The molecule has 0 radical (unpaired) electrons. The third-order valence-corrected chi connectivity index (χ3v) is 1.67. The van der Waals surface area contributed by atoms with Gasteiger partial charge in [-0.2, -0.15) is 0 Å². The smallest absolute Gasteiger partial charge is 0.284 e. The first kappa shape index (κ1) is 9.89. The monoisotopic (exact) mass is 182 g/mol. The van der Waals surface area contributed by atoms with Crippen molar-refractivity contribution >= 4 is 5.78 Å². The molecule has 0 bridgehead atoms. The quantitative estimate of drug-likeness (QED) is 0.671. The van der Waals surface area contributed by atoms with E-state index in [4.69, 9.17) is 4.42 Å². The van der Waals surface area contributed by atoms with Crippen LogP contribution in [0.15, 0.2) is 4.42 Å². The maximum absolute atomic E-state index is 11.4. The Morgan fingerprint density at radius 3 is 2.23 bits per heavy atom. The summed E-state index contributed by atoms with van der Waals surface area (Å²) in [6, 6.07) is 0. The van der Waals surface area contributed by atoms with Gasteiger partial charge in [0.15, 0.2) is 0 Å². The summed E-state index contributed by atoms with van der Waals surface area (Å²) in [6.07, 6.45) is 0. The van der Waals surface area contributed by atoms with Crippen molar-refractivity contribution in [2.45, 2.75) is 33.6 Å². The second-order valence-corrected chi connectivity index (χ2v) is 3.62. The zero-order chi connectivity index (χ0) is 10.0. The van der Waals surface area contributed by atoms with Crippen LogP contribution in [0.4, 0.5) is 0 Å². The molecule has 0 aliphatic heterocycles. The molecule has 0 fully saturated rings. The molecule has 1 rings (SSSR count). The largest absolute Gasteiger partial charge is 0.418 e. The molecule has 4 heteroatoms. The molecule has 0 N–H and O–H groups in total. The summed E-state index contributed by atoms with van der Waals surface area (Å²) in [4.78, 5) is 11.4. The van der Waals surface area contributed by atoms with E-state index in [1.54, 1.807) is 0 Å². The van der Waals surface area contributed by atoms with Crippen LogP contribution in [0.3, 0.4) is 0 Å². The number of ketones is 1. The second-order valence-electron chi connectivity index (χ2n) is 3.62. The molecule has 13 heavy (non-hydrogen) atoms. The van der Waals surface area contributed by atoms with Crippen LogP contribution in [0.5, 0.6) is 0 Å². The van der Waals surface area contributed by atoms with Crippen LogP contribution in [0, 0.1) is 5.92 Å². The number of nitrogens with zero attached hydrogens (tertiary/aromatic N) is 2. The summed E-state index contributed by atoms with van der Waals surface area (Å²) in [5, 5.41) is 7.47. The second kappa shape index (κ2) is 3.68. The minimum Gasteiger partial charge on any atom is -0.418 e. The molecule has 0 saturated carbocycles. The zero-order valence-electron chi connectivity index (χ0n) is 8.37. The molecular weight excluding hydrogens is 168 g/mol. The van der Waals surface area contributed by atoms with E-state index in [2.05, 4.69) is 10.2 Å². The Balaban J connectivity index is 2.86. The lowest BCUT2D eigenvalue weighted by Gasteiger charge is -1.97. The molecule has 0 aromatic carbocycles. The predicted molar refractivity (Wildman–Crippen MR) is 47.6 cm³/mol. The lowest BCUT2D eigenvalue weighted by Crippen LogP contribution is -2.07. The first-order valence-electron chi connectivity index (χ1n) is 4.40. The standard InChI is InChI=1S/C9H14N2O2/c1-5(2)7(12)9-11-10-8(13-9)6(3)4/h5-6H,1-4H3. The molecule has 0 atom stereocenters. The topological polar surface area (TPSA) is 56.0 Å². The third-order valence-electron chi connectivity index (χ3n) is 1.67. The predicted octanol–water partition coefficient (Wildman–Crippen LogP) is 2.03. The molecular formula is C9H14N2O2. The molecule has 1 aromatic rings. The minimum absolute atomic E-state index is 0.0968. The van der Waals surface area contributed by atoms with Gasteiger partial charge < -0.3 is 4.42 Å². The van der Waals surface area contributed by atoms with Gasteiger partial charge >= 0.3 is 0 Å². The normalized spacial score (nSPS) is 11.2. The molecule has 1 heterocycles. The Labute approximate surface area is 77.3 Å². The van der Waals surface area contributed by atoms with E-state index in [0.29, 0.717) is 5.89 Å². The van der Waals surface area contributed by atoms with E-state index in [9.17, 15) is 4.79 Å². The average molecular weight is 182 g/mol. The van der Waals surface area contributed by atoms with E-state index >= 15 is 0 Å². The highest BCUT2D eigenvalue weighted by molar-refractivity contribution is 5.92. The minimum atomic E-state index is -0.0978. The highest BCUT2D eigenvalue weighted by atomic mass is 16.4. The van der Waals surface area contributed by atoms with Gasteiger partial charge in [-0.15, -0.1) is 10.2 Å². The molecule has 0 aliphatic rings. The van der Waals surface area contributed by atoms with E-state index in [0.717, 1.165) is 0 Å². The van der Waals surface area contributed by atoms with Crippen molar-refractivity contribution < 1.29 is 9.21 Å². The maximum atomic E-state index is 11.4. The molecule has 0 unspecified atom stereocenters. The van der Waals surface area contributed by atoms with Gasteiger partial charge in [0.25, 0.3) is 5.89 Å². The zero-order valence-corrected chi connectivity index (χ0v) is 8.37. The van der Waals surface area contributed by atoms with E-state index in [1.807, 2.05) is 27.7 Å². The number of aromatic nitrogens is 2. The fourth-order valence-electron chi connectivity index (χ4n) is 0.814. The van der Waals surface area contributed by atoms with Crippen molar-refractivity contribution in [1.82, 2.24) is 10.2 Å². The molecule has 0 aliphatic carbocycles. The molecule has 0 spiro atoms. The fourth-order valence-corrected chi connectivity index (χ4v) is 0.814. The first-order chi connectivity index (χ1) is 6.02. The summed E-state index contributed by atoms with van der Waals surface area (Å²) in [5.41, 5.74) is 0. The van der Waals surface area contributed by atoms with E-state index < -0.39 is 0 Å². The van der Waals surface area contributed by atoms with Gasteiger partial charge in [-0.05, 0) is 0 Å². The van der Waals surface area contributed by atoms with Crippen LogP contribution >= 0.6 is 0 Å². The van der Waals surface area contributed by atoms with E-state index in [1.165, 1.54) is 0 Å². The summed E-state index contributed by atoms with van der Waals surface area (Å²) in [7, 11) is 0. The number of carbonyl (C=O) groups is 1. The fraction of sp³-hybridized carbons (Fsp3) is 0.667. The molecule has 0 amide bonds. The highest BCUT2D eigenvalue weighted by Gasteiger charge is 2.18. The number of hydrogen-bond acceptors (Lipinski definition) is 4. The lowest BCUT2D eigenvalue weighted by atomic mass is 10.1. The Morgan fingerprint density at radius 2 is 1.85 bits per heavy atom. The van der Waals surface area contributed by atoms with Gasteiger partial charge in [0.1, 0.15) is 0 Å². The first-order valence-corrected chi connectivity index (χ1v) is 4.40. The van der Waals surface area contributed by atoms with Crippen LogP contribution in [0.25, 0.3) is 0 Å². The number of carbonyl (C=O) groups excluding carboxylic acids is 1. The van der Waals surface area contributed by atoms with Gasteiger partial charge in [0.2, 0.25) is 11.7 Å². The van der Waals surface area contributed by atoms with Crippen LogP contribution in [-0.2, 0) is 0 Å². The van der Waals surface area contributed by atoms with Gasteiger partial charge in [0, 0.05) is 11.8 Å². The summed E-state index contributed by atoms with van der Waals surface area (Å²) in [5.74, 6) is 0.615. The van der Waals surface area contributed by atoms with Crippen LogP contribution < -0.4 is 0 Å². The Kier molecular flexibility index (Phi) is 2.80. The van der Waals surface area contributed by atoms with Gasteiger partial charge in [-0.3, -0.25) is 4.79 Å². The van der Waals surface area contributed by atoms with Crippen LogP contribution in [0.2, 0.25) is 0 Å². The Hall–Kier alpha value is -1.19. The lowest BCUT2D eigenvalue weighted by molar-refractivity contribution is 0.0902. The van der Waals surface area contributed by atoms with Crippen LogP contribution in [0.1, 0.15) is 50.2 Å². The number of Topliss-reactive ketones (excluding diaryl/α,β-unsaturated/α-hetero) is 1. The molecule has 0 saturated heterocycles. The summed E-state index contributed by atoms with van der Waals surface area (Å²) in [6.45, 7) is 7.50. The molecule has 72 valence electrons. The molecule has 1 aromatic heterocycles. The van der Waals surface area contributed by atoms with Gasteiger partial charge in [0.05, 0.1) is 0 Å². The van der Waals surface area contributed by atoms with Crippen molar-refractivity contribution in [3.63, 3.8) is 0 Å². The van der Waals surface area contributed by atoms with Gasteiger partial charge in [-0.1, -0.05) is 27.7 Å². The highest BCUT2D eigenvalue weighted by Crippen LogP contribution is 2.14. The Morgan fingerprint density at radius 1 is 1.23 bits per heavy atom. The van der Waals surface area contributed by atoms with Crippen molar-refractivity contribution in [1.29, 1.82) is 0 Å². The SMILES string of the molecule is CC(C)C(=O)c1nnc(C(C)C)o1. The van der Waals surface area contributed by atoms with Crippen molar-refractivity contribution in [2.24, 2.45) is 5.92 Å². The van der Waals surface area contributed by atoms with Crippen LogP contribution in [-0.4, -0.2) is 16.0 Å². The number of rotatable bonds is 3. The number of hydrogen-bond donors (Lipinski definition) is 0. The van der Waals surface area contributed by atoms with Gasteiger partial charge in [-0.25, -0.2) is 0 Å². The van der Waals surface area contributed by atoms with Crippen molar-refractivity contribution in [3.05, 3.63) is 11.8 Å². The maximum Gasteiger partial charge on any atom is 0.284 e. The summed E-state index contributed by atoms with van der Waals surface area (Å²) < 4.78 is 5.20. The third kappa shape index (κ3) is 2.14. The average Bonchev–Trinajstić information content (AvgIpc) is 2.50. The van der Waals surface area contributed by atoms with Crippen molar-refractivity contribution in [2.75, 3.05) is 0 Å². The summed E-state index contributed by atoms with van der Waals surface area (Å²) >= 11 is 0.